The predicted molar refractivity (Wildman–Crippen MR) is 92.3 cm³/mol. The number of aromatic nitrogens is 2. The number of para-hydroxylation sites is 1. The topological polar surface area (TPSA) is 31.9 Å². The van der Waals surface area contributed by atoms with Crippen molar-refractivity contribution in [2.45, 2.75) is 32.7 Å². The van der Waals surface area contributed by atoms with Gasteiger partial charge in [0.25, 0.3) is 0 Å². The summed E-state index contributed by atoms with van der Waals surface area (Å²) >= 11 is 0. The number of aryl methyl sites for hydroxylation is 1. The molecule has 0 bridgehead atoms. The lowest BCUT2D eigenvalue weighted by Gasteiger charge is -2.34. The molecule has 22 heavy (non-hydrogen) atoms. The Morgan fingerprint density at radius 3 is 2.86 bits per heavy atom. The first kappa shape index (κ1) is 13.4. The maximum absolute atomic E-state index is 4.53. The first-order valence-corrected chi connectivity index (χ1v) is 8.07. The van der Waals surface area contributed by atoms with E-state index in [4.69, 9.17) is 0 Å². The molecule has 112 valence electrons. The van der Waals surface area contributed by atoms with Crippen molar-refractivity contribution >= 4 is 16.6 Å². The lowest BCUT2D eigenvalue weighted by molar-refractivity contribution is 0.626. The summed E-state index contributed by atoms with van der Waals surface area (Å²) in [4.78, 5) is 2.51. The Balaban J connectivity index is 1.81. The number of hydrogen-bond acceptors (Lipinski definition) is 2. The Hall–Kier alpha value is -2.29. The highest BCUT2D eigenvalue weighted by atomic mass is 15.2. The molecule has 0 fully saturated rings. The molecule has 2 aromatic carbocycles. The van der Waals surface area contributed by atoms with Crippen LogP contribution in [0.25, 0.3) is 22.2 Å². The Labute approximate surface area is 131 Å². The minimum Gasteiger partial charge on any atom is -0.369 e. The summed E-state index contributed by atoms with van der Waals surface area (Å²) in [5, 5.41) is 8.86. The molecule has 0 atom stereocenters. The van der Waals surface area contributed by atoms with Gasteiger partial charge in [-0.25, -0.2) is 0 Å². The van der Waals surface area contributed by atoms with Crippen LogP contribution in [0.5, 0.6) is 0 Å². The van der Waals surface area contributed by atoms with Gasteiger partial charge in [-0.1, -0.05) is 24.3 Å². The van der Waals surface area contributed by atoms with Gasteiger partial charge < -0.3 is 4.90 Å². The van der Waals surface area contributed by atoms with E-state index < -0.39 is 0 Å². The van der Waals surface area contributed by atoms with Crippen LogP contribution in [0.3, 0.4) is 0 Å². The van der Waals surface area contributed by atoms with Crippen molar-refractivity contribution in [1.29, 1.82) is 0 Å². The summed E-state index contributed by atoms with van der Waals surface area (Å²) < 4.78 is 0. The fourth-order valence-corrected chi connectivity index (χ4v) is 3.49. The van der Waals surface area contributed by atoms with Gasteiger partial charge in [-0.3, -0.25) is 5.10 Å². The number of H-pyrrole nitrogens is 1. The van der Waals surface area contributed by atoms with Gasteiger partial charge in [0.05, 0.1) is 11.2 Å². The molecule has 1 aliphatic rings. The Morgan fingerprint density at radius 2 is 2.00 bits per heavy atom. The highest BCUT2D eigenvalue weighted by molar-refractivity contribution is 5.93. The molecular formula is C19H21N3. The third-order valence-electron chi connectivity index (χ3n) is 4.60. The largest absolute Gasteiger partial charge is 0.369 e. The van der Waals surface area contributed by atoms with Crippen LogP contribution in [-0.4, -0.2) is 22.8 Å². The zero-order valence-electron chi connectivity index (χ0n) is 13.1. The van der Waals surface area contributed by atoms with Crippen LogP contribution in [0.1, 0.15) is 25.8 Å². The Kier molecular flexibility index (Phi) is 3.14. The molecule has 1 aliphatic heterocycles. The molecular weight excluding hydrogens is 270 g/mol. The van der Waals surface area contributed by atoms with Gasteiger partial charge >= 0.3 is 0 Å². The predicted octanol–water partition coefficient (Wildman–Crippen LogP) is 4.39. The molecule has 3 nitrogen and oxygen atoms in total. The van der Waals surface area contributed by atoms with Crippen LogP contribution < -0.4 is 4.90 Å². The quantitative estimate of drug-likeness (QED) is 0.759. The molecule has 1 N–H and O–H groups in total. The van der Waals surface area contributed by atoms with Gasteiger partial charge in [0.15, 0.2) is 0 Å². The van der Waals surface area contributed by atoms with Crippen molar-refractivity contribution in [1.82, 2.24) is 10.2 Å². The first-order chi connectivity index (χ1) is 10.7. The van der Waals surface area contributed by atoms with Crippen LogP contribution in [-0.2, 0) is 6.42 Å². The van der Waals surface area contributed by atoms with Gasteiger partial charge in [0, 0.05) is 29.2 Å². The fraction of sp³-hybridized carbons (Fsp3) is 0.316. The van der Waals surface area contributed by atoms with E-state index in [-0.39, 0.29) is 0 Å². The molecule has 1 aromatic heterocycles. The first-order valence-electron chi connectivity index (χ1n) is 8.07. The summed E-state index contributed by atoms with van der Waals surface area (Å²) in [5.74, 6) is 0. The summed E-state index contributed by atoms with van der Waals surface area (Å²) in [6.45, 7) is 5.70. The molecule has 0 aliphatic carbocycles. The van der Waals surface area contributed by atoms with Gasteiger partial charge in [0.1, 0.15) is 0 Å². The summed E-state index contributed by atoms with van der Waals surface area (Å²) in [6.07, 6.45) is 2.39. The number of nitrogens with zero attached hydrogens (tertiary/aromatic N) is 2. The average molecular weight is 291 g/mol. The van der Waals surface area contributed by atoms with Crippen molar-refractivity contribution in [2.75, 3.05) is 11.4 Å². The number of rotatable bonds is 2. The van der Waals surface area contributed by atoms with Crippen molar-refractivity contribution in [2.24, 2.45) is 0 Å². The van der Waals surface area contributed by atoms with Crippen molar-refractivity contribution in [3.63, 3.8) is 0 Å². The number of anilines is 1. The number of aromatic amines is 1. The normalized spacial score (nSPS) is 14.6. The van der Waals surface area contributed by atoms with E-state index in [1.54, 1.807) is 0 Å². The molecule has 0 saturated heterocycles. The van der Waals surface area contributed by atoms with Crippen LogP contribution >= 0.6 is 0 Å². The average Bonchev–Trinajstić information content (AvgIpc) is 2.97. The van der Waals surface area contributed by atoms with E-state index in [0.717, 1.165) is 24.2 Å². The van der Waals surface area contributed by atoms with Gasteiger partial charge in [-0.2, -0.15) is 5.10 Å². The van der Waals surface area contributed by atoms with E-state index >= 15 is 0 Å². The van der Waals surface area contributed by atoms with E-state index in [1.807, 2.05) is 6.07 Å². The third-order valence-corrected chi connectivity index (χ3v) is 4.60. The second-order valence-corrected chi connectivity index (χ2v) is 6.35. The standard InChI is InChI=1S/C19H21N3/c1-13(2)22-11-5-6-14-12-15(9-10-18(14)22)19-16-7-3-4-8-17(16)20-21-19/h3-4,7-10,12-13H,5-6,11H2,1-2H3,(H,20,21). The van der Waals surface area contributed by atoms with Crippen LogP contribution in [0, 0.1) is 0 Å². The lowest BCUT2D eigenvalue weighted by atomic mass is 9.96. The maximum atomic E-state index is 4.53. The molecule has 3 aromatic rings. The van der Waals surface area contributed by atoms with E-state index in [2.05, 4.69) is 65.3 Å². The summed E-state index contributed by atoms with van der Waals surface area (Å²) in [7, 11) is 0. The minimum absolute atomic E-state index is 0.552. The van der Waals surface area contributed by atoms with Gasteiger partial charge in [-0.05, 0) is 50.5 Å². The zero-order chi connectivity index (χ0) is 15.1. The van der Waals surface area contributed by atoms with Crippen LogP contribution in [0.15, 0.2) is 42.5 Å². The lowest BCUT2D eigenvalue weighted by Crippen LogP contribution is -2.35. The SMILES string of the molecule is CC(C)N1CCCc2cc(-c3n[nH]c4ccccc34)ccc21. The second-order valence-electron chi connectivity index (χ2n) is 6.35. The van der Waals surface area contributed by atoms with Crippen LogP contribution in [0.4, 0.5) is 5.69 Å². The number of fused-ring (bicyclic) bond motifs is 2. The summed E-state index contributed by atoms with van der Waals surface area (Å²) in [5.41, 5.74) is 6.20. The Bertz CT molecular complexity index is 816. The van der Waals surface area contributed by atoms with Crippen molar-refractivity contribution in [3.05, 3.63) is 48.0 Å². The monoisotopic (exact) mass is 291 g/mol. The highest BCUT2D eigenvalue weighted by Gasteiger charge is 2.20. The number of benzene rings is 2. The van der Waals surface area contributed by atoms with Gasteiger partial charge in [0.2, 0.25) is 0 Å². The molecule has 3 heteroatoms. The second kappa shape index (κ2) is 5.16. The molecule has 0 amide bonds. The maximum Gasteiger partial charge on any atom is 0.0999 e. The van der Waals surface area contributed by atoms with E-state index in [1.165, 1.54) is 28.6 Å². The zero-order valence-corrected chi connectivity index (χ0v) is 13.1. The Morgan fingerprint density at radius 1 is 1.14 bits per heavy atom. The molecule has 0 saturated carbocycles. The van der Waals surface area contributed by atoms with E-state index in [0.29, 0.717) is 6.04 Å². The molecule has 0 radical (unpaired) electrons. The van der Waals surface area contributed by atoms with E-state index in [9.17, 15) is 0 Å². The van der Waals surface area contributed by atoms with Crippen LogP contribution in [0.2, 0.25) is 0 Å². The number of nitrogens with one attached hydrogen (secondary N) is 1. The third kappa shape index (κ3) is 2.08. The fourth-order valence-electron chi connectivity index (χ4n) is 3.49. The molecule has 0 spiro atoms. The molecule has 4 rings (SSSR count). The molecule has 2 heterocycles. The van der Waals surface area contributed by atoms with Gasteiger partial charge in [-0.15, -0.1) is 0 Å². The summed E-state index contributed by atoms with van der Waals surface area (Å²) in [6, 6.07) is 15.7. The minimum atomic E-state index is 0.552. The highest BCUT2D eigenvalue weighted by Crippen LogP contribution is 2.34. The number of hydrogen-bond donors (Lipinski definition) is 1. The molecule has 0 unspecified atom stereocenters. The van der Waals surface area contributed by atoms with Crippen molar-refractivity contribution < 1.29 is 0 Å². The smallest absolute Gasteiger partial charge is 0.0999 e. The van der Waals surface area contributed by atoms with Crippen molar-refractivity contribution in [3.8, 4) is 11.3 Å².